The van der Waals surface area contributed by atoms with Gasteiger partial charge in [0, 0.05) is 13.1 Å². The van der Waals surface area contributed by atoms with E-state index in [9.17, 15) is 18.0 Å². The molecule has 0 heterocycles. The molecule has 1 aromatic carbocycles. The van der Waals surface area contributed by atoms with Gasteiger partial charge in [-0.1, -0.05) is 18.2 Å². The average molecular weight is 247 g/mol. The Morgan fingerprint density at radius 1 is 1.29 bits per heavy atom. The first kappa shape index (κ1) is 13.5. The Hall–Kier alpha value is -1.56. The smallest absolute Gasteiger partial charge is 0.390 e. The van der Waals surface area contributed by atoms with Crippen molar-refractivity contribution < 1.29 is 23.1 Å². The van der Waals surface area contributed by atoms with E-state index in [2.05, 4.69) is 5.32 Å². The average Bonchev–Trinajstić information content (AvgIpc) is 2.23. The van der Waals surface area contributed by atoms with E-state index < -0.39 is 18.6 Å². The molecule has 0 aliphatic rings. The third-order valence-electron chi connectivity index (χ3n) is 2.15. The van der Waals surface area contributed by atoms with Crippen molar-refractivity contribution in [2.75, 3.05) is 6.54 Å². The molecule has 1 aromatic rings. The lowest BCUT2D eigenvalue weighted by molar-refractivity contribution is -0.133. The molecule has 0 aliphatic carbocycles. The van der Waals surface area contributed by atoms with E-state index in [1.54, 1.807) is 18.2 Å². The van der Waals surface area contributed by atoms with Crippen LogP contribution in [0.5, 0.6) is 0 Å². The number of hydrogen-bond acceptors (Lipinski definition) is 2. The fraction of sp³-hybridized carbons (Fsp3) is 0.364. The van der Waals surface area contributed by atoms with Gasteiger partial charge in [0.05, 0.1) is 12.0 Å². The van der Waals surface area contributed by atoms with E-state index in [4.69, 9.17) is 5.11 Å². The summed E-state index contributed by atoms with van der Waals surface area (Å²) >= 11 is 0. The van der Waals surface area contributed by atoms with E-state index in [1.165, 1.54) is 6.07 Å². The van der Waals surface area contributed by atoms with Crippen LogP contribution in [0.25, 0.3) is 0 Å². The van der Waals surface area contributed by atoms with Gasteiger partial charge in [0.25, 0.3) is 0 Å². The summed E-state index contributed by atoms with van der Waals surface area (Å²) in [4.78, 5) is 10.8. The predicted octanol–water partition coefficient (Wildman–Crippen LogP) is 2.43. The molecule has 0 saturated heterocycles. The Kier molecular flexibility index (Phi) is 4.51. The third kappa shape index (κ3) is 4.86. The molecule has 0 spiro atoms. The molecule has 0 bridgehead atoms. The van der Waals surface area contributed by atoms with Crippen LogP contribution in [-0.2, 0) is 6.54 Å². The van der Waals surface area contributed by atoms with Crippen LogP contribution < -0.4 is 5.32 Å². The maximum atomic E-state index is 11.9. The number of benzene rings is 1. The summed E-state index contributed by atoms with van der Waals surface area (Å²) < 4.78 is 35.6. The number of aromatic carboxylic acids is 1. The normalized spacial score (nSPS) is 11.5. The highest BCUT2D eigenvalue weighted by Crippen LogP contribution is 2.18. The van der Waals surface area contributed by atoms with Crippen LogP contribution in [0.4, 0.5) is 13.2 Å². The SMILES string of the molecule is O=C(O)c1ccccc1CNCCC(F)(F)F. The van der Waals surface area contributed by atoms with Crippen molar-refractivity contribution >= 4 is 5.97 Å². The fourth-order valence-electron chi connectivity index (χ4n) is 1.34. The Morgan fingerprint density at radius 2 is 1.94 bits per heavy atom. The Balaban J connectivity index is 2.49. The molecule has 0 aromatic heterocycles. The molecule has 0 unspecified atom stereocenters. The highest BCUT2D eigenvalue weighted by Gasteiger charge is 2.25. The van der Waals surface area contributed by atoms with Gasteiger partial charge in [-0.25, -0.2) is 4.79 Å². The second-order valence-corrected chi connectivity index (χ2v) is 3.50. The van der Waals surface area contributed by atoms with E-state index in [-0.39, 0.29) is 18.7 Å². The van der Waals surface area contributed by atoms with Gasteiger partial charge in [0.1, 0.15) is 0 Å². The topological polar surface area (TPSA) is 49.3 Å². The molecular weight excluding hydrogens is 235 g/mol. The minimum atomic E-state index is -4.20. The zero-order chi connectivity index (χ0) is 12.9. The van der Waals surface area contributed by atoms with Crippen LogP contribution in [0.15, 0.2) is 24.3 Å². The highest BCUT2D eigenvalue weighted by atomic mass is 19.4. The molecule has 0 saturated carbocycles. The van der Waals surface area contributed by atoms with Crippen LogP contribution in [0.1, 0.15) is 22.3 Å². The number of carboxylic acids is 1. The highest BCUT2D eigenvalue weighted by molar-refractivity contribution is 5.89. The largest absolute Gasteiger partial charge is 0.478 e. The molecule has 94 valence electrons. The fourth-order valence-corrected chi connectivity index (χ4v) is 1.34. The summed E-state index contributed by atoms with van der Waals surface area (Å²) in [6, 6.07) is 6.21. The maximum Gasteiger partial charge on any atom is 0.390 e. The zero-order valence-corrected chi connectivity index (χ0v) is 8.92. The summed E-state index contributed by atoms with van der Waals surface area (Å²) in [6.45, 7) is -0.115. The van der Waals surface area contributed by atoms with Gasteiger partial charge < -0.3 is 10.4 Å². The first-order chi connectivity index (χ1) is 7.90. The number of rotatable bonds is 5. The molecule has 3 nitrogen and oxygen atoms in total. The molecular formula is C11H12F3NO2. The summed E-state index contributed by atoms with van der Waals surface area (Å²) in [5.41, 5.74) is 0.578. The molecule has 0 radical (unpaired) electrons. The number of halogens is 3. The lowest BCUT2D eigenvalue weighted by Gasteiger charge is -2.09. The molecule has 0 atom stereocenters. The molecule has 6 heteroatoms. The first-order valence-corrected chi connectivity index (χ1v) is 4.99. The van der Waals surface area contributed by atoms with Gasteiger partial charge in [-0.3, -0.25) is 0 Å². The second-order valence-electron chi connectivity index (χ2n) is 3.50. The lowest BCUT2D eigenvalue weighted by Crippen LogP contribution is -2.22. The van der Waals surface area contributed by atoms with E-state index in [0.717, 1.165) is 0 Å². The van der Waals surface area contributed by atoms with Crippen molar-refractivity contribution in [3.8, 4) is 0 Å². The summed E-state index contributed by atoms with van der Waals surface area (Å²) in [5.74, 6) is -1.08. The van der Waals surface area contributed by atoms with Gasteiger partial charge in [0.2, 0.25) is 0 Å². The van der Waals surface area contributed by atoms with E-state index in [1.807, 2.05) is 0 Å². The molecule has 2 N–H and O–H groups in total. The predicted molar refractivity (Wildman–Crippen MR) is 55.8 cm³/mol. The molecule has 0 aliphatic heterocycles. The molecule has 0 fully saturated rings. The van der Waals surface area contributed by atoms with Crippen molar-refractivity contribution in [1.29, 1.82) is 0 Å². The standard InChI is InChI=1S/C11H12F3NO2/c12-11(13,14)5-6-15-7-8-3-1-2-4-9(8)10(16)17/h1-4,15H,5-7H2,(H,16,17). The van der Waals surface area contributed by atoms with E-state index in [0.29, 0.717) is 5.56 Å². The quantitative estimate of drug-likeness (QED) is 0.785. The van der Waals surface area contributed by atoms with Crippen molar-refractivity contribution in [3.05, 3.63) is 35.4 Å². The van der Waals surface area contributed by atoms with Crippen LogP contribution in [0.3, 0.4) is 0 Å². The monoisotopic (exact) mass is 247 g/mol. The minimum absolute atomic E-state index is 0.104. The Morgan fingerprint density at radius 3 is 2.53 bits per heavy atom. The lowest BCUT2D eigenvalue weighted by atomic mass is 10.1. The zero-order valence-electron chi connectivity index (χ0n) is 8.92. The number of nitrogens with one attached hydrogen (secondary N) is 1. The summed E-state index contributed by atoms with van der Waals surface area (Å²) in [6.07, 6.45) is -5.12. The van der Waals surface area contributed by atoms with Gasteiger partial charge in [0.15, 0.2) is 0 Å². The number of carboxylic acid groups (broad SMARTS) is 1. The first-order valence-electron chi connectivity index (χ1n) is 4.99. The van der Waals surface area contributed by atoms with Crippen LogP contribution in [0.2, 0.25) is 0 Å². The maximum absolute atomic E-state index is 11.9. The molecule has 0 amide bonds. The Labute approximate surface area is 96.3 Å². The second kappa shape index (κ2) is 5.67. The summed E-state index contributed by atoms with van der Waals surface area (Å²) in [5, 5.41) is 11.4. The third-order valence-corrected chi connectivity index (χ3v) is 2.15. The number of hydrogen-bond donors (Lipinski definition) is 2. The van der Waals surface area contributed by atoms with Gasteiger partial charge in [-0.15, -0.1) is 0 Å². The number of alkyl halides is 3. The van der Waals surface area contributed by atoms with Crippen molar-refractivity contribution in [3.63, 3.8) is 0 Å². The Bertz CT molecular complexity index is 391. The molecule has 17 heavy (non-hydrogen) atoms. The van der Waals surface area contributed by atoms with Gasteiger partial charge >= 0.3 is 12.1 Å². The summed E-state index contributed by atoms with van der Waals surface area (Å²) in [7, 11) is 0. The molecule has 1 rings (SSSR count). The van der Waals surface area contributed by atoms with Crippen molar-refractivity contribution in [2.45, 2.75) is 19.1 Å². The van der Waals surface area contributed by atoms with Gasteiger partial charge in [-0.05, 0) is 11.6 Å². The van der Waals surface area contributed by atoms with Crippen molar-refractivity contribution in [2.24, 2.45) is 0 Å². The van der Waals surface area contributed by atoms with Crippen LogP contribution >= 0.6 is 0 Å². The van der Waals surface area contributed by atoms with E-state index >= 15 is 0 Å². The van der Waals surface area contributed by atoms with Crippen molar-refractivity contribution in [1.82, 2.24) is 5.32 Å². The minimum Gasteiger partial charge on any atom is -0.478 e. The van der Waals surface area contributed by atoms with Gasteiger partial charge in [-0.2, -0.15) is 13.2 Å². The van der Waals surface area contributed by atoms with Crippen LogP contribution in [0, 0.1) is 0 Å². The number of carbonyl (C=O) groups is 1. The van der Waals surface area contributed by atoms with Crippen LogP contribution in [-0.4, -0.2) is 23.8 Å².